The van der Waals surface area contributed by atoms with E-state index < -0.39 is 0 Å². The summed E-state index contributed by atoms with van der Waals surface area (Å²) in [5.74, 6) is 1.18. The number of thiophene rings is 1. The van der Waals surface area contributed by atoms with Gasteiger partial charge in [0.05, 0.1) is 18.4 Å². The van der Waals surface area contributed by atoms with Crippen molar-refractivity contribution in [1.29, 1.82) is 0 Å². The van der Waals surface area contributed by atoms with Crippen LogP contribution in [0.3, 0.4) is 0 Å². The van der Waals surface area contributed by atoms with E-state index in [-0.39, 0.29) is 0 Å². The molecule has 0 amide bonds. The van der Waals surface area contributed by atoms with Gasteiger partial charge in [0.25, 0.3) is 0 Å². The molecule has 0 saturated heterocycles. The average Bonchev–Trinajstić information content (AvgIpc) is 3.13. The van der Waals surface area contributed by atoms with Gasteiger partial charge in [-0.2, -0.15) is 0 Å². The first-order valence-corrected chi connectivity index (χ1v) is 8.90. The monoisotopic (exact) mass is 323 g/mol. The average molecular weight is 323 g/mol. The summed E-state index contributed by atoms with van der Waals surface area (Å²) < 4.78 is 2.38. The van der Waals surface area contributed by atoms with Gasteiger partial charge >= 0.3 is 0 Å². The van der Waals surface area contributed by atoms with Gasteiger partial charge < -0.3 is 4.57 Å². The van der Waals surface area contributed by atoms with Crippen LogP contribution < -0.4 is 0 Å². The van der Waals surface area contributed by atoms with E-state index in [0.717, 1.165) is 26.2 Å². The van der Waals surface area contributed by atoms with Gasteiger partial charge in [0, 0.05) is 35.0 Å². The van der Waals surface area contributed by atoms with Gasteiger partial charge in [-0.25, -0.2) is 4.98 Å². The summed E-state index contributed by atoms with van der Waals surface area (Å²) in [4.78, 5) is 10.0. The van der Waals surface area contributed by atoms with E-state index in [1.807, 2.05) is 17.5 Å². The molecule has 1 aromatic carbocycles. The van der Waals surface area contributed by atoms with Gasteiger partial charge in [-0.15, -0.1) is 11.3 Å². The molecule has 1 aliphatic heterocycles. The lowest BCUT2D eigenvalue weighted by atomic mass is 10.1. The van der Waals surface area contributed by atoms with Crippen LogP contribution in [0.1, 0.15) is 21.1 Å². The zero-order valence-corrected chi connectivity index (χ0v) is 14.4. The van der Waals surface area contributed by atoms with E-state index in [1.165, 1.54) is 32.4 Å². The summed E-state index contributed by atoms with van der Waals surface area (Å²) in [7, 11) is 0. The maximum absolute atomic E-state index is 4.68. The van der Waals surface area contributed by atoms with Crippen molar-refractivity contribution in [1.82, 2.24) is 14.5 Å². The maximum Gasteiger partial charge on any atom is 0.123 e. The highest BCUT2D eigenvalue weighted by Crippen LogP contribution is 2.26. The van der Waals surface area contributed by atoms with Crippen molar-refractivity contribution in [2.75, 3.05) is 6.54 Å². The molecule has 4 rings (SSSR count). The third kappa shape index (κ3) is 2.96. The van der Waals surface area contributed by atoms with Crippen LogP contribution in [-0.2, 0) is 19.6 Å². The third-order valence-corrected chi connectivity index (χ3v) is 5.42. The summed E-state index contributed by atoms with van der Waals surface area (Å²) >= 11 is 1.90. The van der Waals surface area contributed by atoms with Crippen molar-refractivity contribution in [2.45, 2.75) is 33.5 Å². The molecule has 23 heavy (non-hydrogen) atoms. The standard InChI is InChI=1S/C19H21N3S/c1-14-4-3-5-16(10-14)18-11-20-19-13-21(8-9-22(18)19)12-17-7-6-15(2)23-17/h3-7,10-11H,8-9,12-13H2,1-2H3. The van der Waals surface area contributed by atoms with Crippen LogP contribution >= 0.6 is 11.3 Å². The fourth-order valence-corrected chi connectivity index (χ4v) is 4.20. The molecule has 2 aromatic heterocycles. The summed E-state index contributed by atoms with van der Waals surface area (Å²) in [5.41, 5.74) is 3.81. The molecule has 3 nitrogen and oxygen atoms in total. The number of imidazole rings is 1. The molecular weight excluding hydrogens is 302 g/mol. The number of aromatic nitrogens is 2. The molecule has 0 atom stereocenters. The number of benzene rings is 1. The molecule has 0 unspecified atom stereocenters. The van der Waals surface area contributed by atoms with E-state index >= 15 is 0 Å². The van der Waals surface area contributed by atoms with Crippen molar-refractivity contribution in [3.05, 3.63) is 63.7 Å². The number of hydrogen-bond donors (Lipinski definition) is 0. The number of nitrogens with zero attached hydrogens (tertiary/aromatic N) is 3. The lowest BCUT2D eigenvalue weighted by Crippen LogP contribution is -2.33. The number of hydrogen-bond acceptors (Lipinski definition) is 3. The highest BCUT2D eigenvalue weighted by molar-refractivity contribution is 7.11. The molecule has 0 radical (unpaired) electrons. The molecule has 0 aliphatic carbocycles. The molecule has 0 saturated carbocycles. The summed E-state index contributed by atoms with van der Waals surface area (Å²) in [6, 6.07) is 13.1. The first kappa shape index (κ1) is 14.7. The Balaban J connectivity index is 1.55. The topological polar surface area (TPSA) is 21.1 Å². The van der Waals surface area contributed by atoms with Crippen LogP contribution in [0, 0.1) is 13.8 Å². The van der Waals surface area contributed by atoms with E-state index in [2.05, 4.69) is 64.7 Å². The predicted octanol–water partition coefficient (Wildman–Crippen LogP) is 4.24. The minimum atomic E-state index is 0.933. The zero-order valence-electron chi connectivity index (χ0n) is 13.6. The molecule has 3 aromatic rings. The Morgan fingerprint density at radius 1 is 1.13 bits per heavy atom. The van der Waals surface area contributed by atoms with Crippen molar-refractivity contribution < 1.29 is 0 Å². The van der Waals surface area contributed by atoms with Gasteiger partial charge in [-0.1, -0.05) is 23.8 Å². The van der Waals surface area contributed by atoms with E-state index in [0.29, 0.717) is 0 Å². The second-order valence-electron chi connectivity index (χ2n) is 6.30. The normalized spacial score (nSPS) is 14.9. The quantitative estimate of drug-likeness (QED) is 0.719. The van der Waals surface area contributed by atoms with Gasteiger partial charge in [0.1, 0.15) is 5.82 Å². The van der Waals surface area contributed by atoms with Crippen LogP contribution in [0.5, 0.6) is 0 Å². The van der Waals surface area contributed by atoms with Crippen LogP contribution in [0.2, 0.25) is 0 Å². The first-order valence-electron chi connectivity index (χ1n) is 8.08. The van der Waals surface area contributed by atoms with Gasteiger partial charge in [-0.05, 0) is 32.0 Å². The zero-order chi connectivity index (χ0) is 15.8. The fourth-order valence-electron chi connectivity index (χ4n) is 3.27. The third-order valence-electron chi connectivity index (χ3n) is 4.43. The Labute approximate surface area is 141 Å². The summed E-state index contributed by atoms with van der Waals surface area (Å²) in [6.45, 7) is 8.38. The van der Waals surface area contributed by atoms with Crippen molar-refractivity contribution >= 4 is 11.3 Å². The molecule has 3 heterocycles. The van der Waals surface area contributed by atoms with Crippen LogP contribution in [0.4, 0.5) is 0 Å². The fraction of sp³-hybridized carbons (Fsp3) is 0.316. The molecule has 1 aliphatic rings. The largest absolute Gasteiger partial charge is 0.326 e. The minimum absolute atomic E-state index is 0.933. The number of aryl methyl sites for hydroxylation is 2. The molecule has 0 N–H and O–H groups in total. The highest BCUT2D eigenvalue weighted by Gasteiger charge is 2.20. The Kier molecular flexibility index (Phi) is 3.79. The smallest absolute Gasteiger partial charge is 0.123 e. The van der Waals surface area contributed by atoms with E-state index in [9.17, 15) is 0 Å². The Hall–Kier alpha value is -1.91. The lowest BCUT2D eigenvalue weighted by molar-refractivity contribution is 0.211. The molecule has 118 valence electrons. The SMILES string of the molecule is Cc1cccc(-c2cnc3n2CCN(Cc2ccc(C)s2)C3)c1. The van der Waals surface area contributed by atoms with Crippen LogP contribution in [0.25, 0.3) is 11.3 Å². The van der Waals surface area contributed by atoms with Crippen LogP contribution in [-0.4, -0.2) is 21.0 Å². The van der Waals surface area contributed by atoms with E-state index in [1.54, 1.807) is 0 Å². The molecule has 0 bridgehead atoms. The first-order chi connectivity index (χ1) is 11.2. The van der Waals surface area contributed by atoms with Gasteiger partial charge in [-0.3, -0.25) is 4.90 Å². The minimum Gasteiger partial charge on any atom is -0.326 e. The Bertz CT molecular complexity index is 831. The van der Waals surface area contributed by atoms with E-state index in [4.69, 9.17) is 0 Å². The summed E-state index contributed by atoms with van der Waals surface area (Å²) in [6.07, 6.45) is 2.03. The van der Waals surface area contributed by atoms with Crippen LogP contribution in [0.15, 0.2) is 42.6 Å². The Morgan fingerprint density at radius 2 is 2.04 bits per heavy atom. The van der Waals surface area contributed by atoms with Crippen molar-refractivity contribution in [3.8, 4) is 11.3 Å². The number of fused-ring (bicyclic) bond motifs is 1. The number of rotatable bonds is 3. The molecular formula is C19H21N3S. The van der Waals surface area contributed by atoms with Gasteiger partial charge in [0.15, 0.2) is 0 Å². The Morgan fingerprint density at radius 3 is 2.83 bits per heavy atom. The molecule has 0 fully saturated rings. The maximum atomic E-state index is 4.68. The second kappa shape index (κ2) is 5.95. The summed E-state index contributed by atoms with van der Waals surface area (Å²) in [5, 5.41) is 0. The van der Waals surface area contributed by atoms with Crippen molar-refractivity contribution in [3.63, 3.8) is 0 Å². The lowest BCUT2D eigenvalue weighted by Gasteiger charge is -2.28. The highest BCUT2D eigenvalue weighted by atomic mass is 32.1. The van der Waals surface area contributed by atoms with Crippen molar-refractivity contribution in [2.24, 2.45) is 0 Å². The molecule has 0 spiro atoms. The predicted molar refractivity (Wildman–Crippen MR) is 95.6 cm³/mol. The second-order valence-corrected chi connectivity index (χ2v) is 7.68. The molecule has 4 heteroatoms. The van der Waals surface area contributed by atoms with Gasteiger partial charge in [0.2, 0.25) is 0 Å².